The van der Waals surface area contributed by atoms with Crippen molar-refractivity contribution in [1.29, 1.82) is 0 Å². The van der Waals surface area contributed by atoms with Crippen LogP contribution >= 0.6 is 23.8 Å². The van der Waals surface area contributed by atoms with Crippen LogP contribution in [0.25, 0.3) is 0 Å². The van der Waals surface area contributed by atoms with E-state index in [1.807, 2.05) is 0 Å². The van der Waals surface area contributed by atoms with Gasteiger partial charge in [0.25, 0.3) is 5.91 Å². The zero-order valence-corrected chi connectivity index (χ0v) is 11.4. The number of carbonyl (C=O) groups excluding carboxylic acids is 1. The fourth-order valence-corrected chi connectivity index (χ4v) is 1.63. The summed E-state index contributed by atoms with van der Waals surface area (Å²) in [6.45, 7) is 0.375. The van der Waals surface area contributed by atoms with E-state index in [9.17, 15) is 4.79 Å². The van der Waals surface area contributed by atoms with Crippen LogP contribution in [0, 0.1) is 0 Å². The second-order valence-corrected chi connectivity index (χ2v) is 4.57. The van der Waals surface area contributed by atoms with Crippen LogP contribution in [0.15, 0.2) is 47.1 Å². The SMILES string of the molecule is O=C(Nc1ccc(Cl)cc1)C(=S)NCc1ccco1. The summed E-state index contributed by atoms with van der Waals surface area (Å²) < 4.78 is 5.13. The second kappa shape index (κ2) is 6.36. The molecule has 0 unspecified atom stereocenters. The quantitative estimate of drug-likeness (QED) is 0.855. The van der Waals surface area contributed by atoms with Crippen LogP contribution in [0.2, 0.25) is 5.02 Å². The van der Waals surface area contributed by atoms with Gasteiger partial charge in [-0.25, -0.2) is 0 Å². The number of thiocarbonyl (C=S) groups is 1. The van der Waals surface area contributed by atoms with Crippen molar-refractivity contribution in [1.82, 2.24) is 5.32 Å². The van der Waals surface area contributed by atoms with Gasteiger partial charge < -0.3 is 15.1 Å². The molecule has 0 radical (unpaired) electrons. The van der Waals surface area contributed by atoms with Gasteiger partial charge in [0.2, 0.25) is 0 Å². The highest BCUT2D eigenvalue weighted by Crippen LogP contribution is 2.13. The van der Waals surface area contributed by atoms with E-state index >= 15 is 0 Å². The predicted molar refractivity (Wildman–Crippen MR) is 78.2 cm³/mol. The monoisotopic (exact) mass is 294 g/mol. The lowest BCUT2D eigenvalue weighted by Gasteiger charge is -2.07. The fourth-order valence-electron chi connectivity index (χ4n) is 1.38. The molecule has 0 atom stereocenters. The summed E-state index contributed by atoms with van der Waals surface area (Å²) in [4.78, 5) is 11.9. The summed E-state index contributed by atoms with van der Waals surface area (Å²) in [5, 5.41) is 6.09. The lowest BCUT2D eigenvalue weighted by atomic mass is 10.3. The van der Waals surface area contributed by atoms with Crippen molar-refractivity contribution in [2.24, 2.45) is 0 Å². The van der Waals surface area contributed by atoms with Crippen molar-refractivity contribution in [2.45, 2.75) is 6.54 Å². The summed E-state index contributed by atoms with van der Waals surface area (Å²) >= 11 is 10.7. The number of benzene rings is 1. The first-order valence-corrected chi connectivity index (χ1v) is 6.31. The van der Waals surface area contributed by atoms with Gasteiger partial charge in [-0.3, -0.25) is 4.79 Å². The van der Waals surface area contributed by atoms with Crippen LogP contribution in [0.1, 0.15) is 5.76 Å². The number of hydrogen-bond donors (Lipinski definition) is 2. The van der Waals surface area contributed by atoms with Gasteiger partial charge in [0.05, 0.1) is 12.8 Å². The fraction of sp³-hybridized carbons (Fsp3) is 0.0769. The summed E-state index contributed by atoms with van der Waals surface area (Å²) in [5.41, 5.74) is 0.636. The molecule has 0 aliphatic carbocycles. The van der Waals surface area contributed by atoms with Crippen molar-refractivity contribution in [3.05, 3.63) is 53.4 Å². The predicted octanol–water partition coefficient (Wildman–Crippen LogP) is 2.99. The van der Waals surface area contributed by atoms with Crippen LogP contribution in [-0.4, -0.2) is 10.9 Å². The molecule has 1 heterocycles. The maximum atomic E-state index is 11.8. The highest BCUT2D eigenvalue weighted by atomic mass is 35.5. The molecule has 0 aliphatic heterocycles. The maximum Gasteiger partial charge on any atom is 0.283 e. The average molecular weight is 295 g/mol. The molecule has 2 rings (SSSR count). The smallest absolute Gasteiger partial charge is 0.283 e. The minimum absolute atomic E-state index is 0.103. The third kappa shape index (κ3) is 4.08. The molecule has 98 valence electrons. The van der Waals surface area contributed by atoms with Gasteiger partial charge >= 0.3 is 0 Å². The first-order chi connectivity index (χ1) is 9.15. The van der Waals surface area contributed by atoms with E-state index in [1.165, 1.54) is 0 Å². The molecular formula is C13H11ClN2O2S. The number of nitrogens with one attached hydrogen (secondary N) is 2. The van der Waals surface area contributed by atoms with Gasteiger partial charge in [-0.15, -0.1) is 0 Å². The van der Waals surface area contributed by atoms with Gasteiger partial charge in [0, 0.05) is 10.7 Å². The molecule has 6 heteroatoms. The molecule has 2 aromatic rings. The lowest BCUT2D eigenvalue weighted by molar-refractivity contribution is -0.110. The molecule has 0 spiro atoms. The van der Waals surface area contributed by atoms with Crippen molar-refractivity contribution in [2.75, 3.05) is 5.32 Å². The van der Waals surface area contributed by atoms with Crippen molar-refractivity contribution in [3.63, 3.8) is 0 Å². The van der Waals surface area contributed by atoms with Crippen LogP contribution in [0.3, 0.4) is 0 Å². The average Bonchev–Trinajstić information content (AvgIpc) is 2.91. The van der Waals surface area contributed by atoms with Crippen molar-refractivity contribution in [3.8, 4) is 0 Å². The third-order valence-electron chi connectivity index (χ3n) is 2.31. The molecule has 0 bridgehead atoms. The number of anilines is 1. The summed E-state index contributed by atoms with van der Waals surface area (Å²) in [7, 11) is 0. The highest BCUT2D eigenvalue weighted by Gasteiger charge is 2.09. The van der Waals surface area contributed by atoms with Crippen molar-refractivity contribution >= 4 is 40.4 Å². The Bertz CT molecular complexity index is 567. The summed E-state index contributed by atoms with van der Waals surface area (Å²) in [6, 6.07) is 10.4. The van der Waals surface area contributed by atoms with E-state index in [4.69, 9.17) is 28.2 Å². The second-order valence-electron chi connectivity index (χ2n) is 3.72. The van der Waals surface area contributed by atoms with Crippen LogP contribution in [0.4, 0.5) is 5.69 Å². The Hall–Kier alpha value is -1.85. The van der Waals surface area contributed by atoms with Gasteiger partial charge in [-0.05, 0) is 36.4 Å². The van der Waals surface area contributed by atoms with E-state index in [1.54, 1.807) is 42.7 Å². The topological polar surface area (TPSA) is 54.3 Å². The Balaban J connectivity index is 1.85. The molecule has 0 saturated heterocycles. The number of furan rings is 1. The number of carbonyl (C=O) groups is 1. The minimum atomic E-state index is -0.371. The Morgan fingerprint density at radius 3 is 2.63 bits per heavy atom. The van der Waals surface area contributed by atoms with Gasteiger partial charge in [-0.1, -0.05) is 23.8 Å². The van der Waals surface area contributed by atoms with Crippen LogP contribution < -0.4 is 10.6 Å². The van der Waals surface area contributed by atoms with E-state index < -0.39 is 0 Å². The molecule has 1 aromatic carbocycles. The first kappa shape index (κ1) is 13.6. The van der Waals surface area contributed by atoms with Crippen LogP contribution in [-0.2, 0) is 11.3 Å². The molecule has 19 heavy (non-hydrogen) atoms. The van der Waals surface area contributed by atoms with E-state index in [2.05, 4.69) is 10.6 Å². The number of halogens is 1. The normalized spacial score (nSPS) is 9.95. The number of rotatable bonds is 3. The van der Waals surface area contributed by atoms with E-state index in [0.717, 1.165) is 0 Å². The van der Waals surface area contributed by atoms with E-state index in [-0.39, 0.29) is 10.9 Å². The zero-order chi connectivity index (χ0) is 13.7. The Labute approximate surface area is 120 Å². The standard InChI is InChI=1S/C13H11ClN2O2S/c14-9-3-5-10(6-4-9)16-12(17)13(19)15-8-11-2-1-7-18-11/h1-7H,8H2,(H,15,19)(H,16,17). The molecular weight excluding hydrogens is 284 g/mol. The number of amides is 1. The zero-order valence-electron chi connectivity index (χ0n) is 9.85. The van der Waals surface area contributed by atoms with Crippen LogP contribution in [0.5, 0.6) is 0 Å². The summed E-state index contributed by atoms with van der Waals surface area (Å²) in [5.74, 6) is 0.338. The van der Waals surface area contributed by atoms with E-state index in [0.29, 0.717) is 23.0 Å². The molecule has 2 N–H and O–H groups in total. The first-order valence-electron chi connectivity index (χ1n) is 5.52. The molecule has 0 aliphatic rings. The molecule has 4 nitrogen and oxygen atoms in total. The summed E-state index contributed by atoms with van der Waals surface area (Å²) in [6.07, 6.45) is 1.56. The van der Waals surface area contributed by atoms with Gasteiger partial charge in [-0.2, -0.15) is 0 Å². The largest absolute Gasteiger partial charge is 0.467 e. The molecule has 0 saturated carbocycles. The van der Waals surface area contributed by atoms with Gasteiger partial charge in [0.1, 0.15) is 5.76 Å². The maximum absolute atomic E-state index is 11.8. The number of hydrogen-bond acceptors (Lipinski definition) is 3. The van der Waals surface area contributed by atoms with Gasteiger partial charge in [0.15, 0.2) is 4.99 Å². The molecule has 1 aromatic heterocycles. The minimum Gasteiger partial charge on any atom is -0.467 e. The van der Waals surface area contributed by atoms with Crippen molar-refractivity contribution < 1.29 is 9.21 Å². The third-order valence-corrected chi connectivity index (χ3v) is 2.89. The highest BCUT2D eigenvalue weighted by molar-refractivity contribution is 7.82. The Morgan fingerprint density at radius 1 is 1.26 bits per heavy atom. The Morgan fingerprint density at radius 2 is 2.00 bits per heavy atom. The lowest BCUT2D eigenvalue weighted by Crippen LogP contribution is -2.33. The Kier molecular flexibility index (Phi) is 4.54. The molecule has 1 amide bonds. The molecule has 0 fully saturated rings.